The van der Waals surface area contributed by atoms with Crippen LogP contribution in [0.2, 0.25) is 5.02 Å². The van der Waals surface area contributed by atoms with Crippen LogP contribution in [0, 0.1) is 11.8 Å². The molecule has 1 aromatic rings. The van der Waals surface area contributed by atoms with Crippen LogP contribution in [-0.2, 0) is 4.79 Å². The third kappa shape index (κ3) is 5.11. The number of carbonyl (C=O) groups is 1. The monoisotopic (exact) mass is 283 g/mol. The van der Waals surface area contributed by atoms with Crippen molar-refractivity contribution in [3.05, 3.63) is 29.3 Å². The van der Waals surface area contributed by atoms with E-state index in [9.17, 15) is 4.79 Å². The van der Waals surface area contributed by atoms with Crippen molar-refractivity contribution in [3.63, 3.8) is 0 Å². The molecule has 0 aromatic heterocycles. The van der Waals surface area contributed by atoms with Crippen LogP contribution < -0.4 is 10.1 Å². The zero-order valence-electron chi connectivity index (χ0n) is 11.9. The molecule has 0 fully saturated rings. The third-order valence-electron chi connectivity index (χ3n) is 2.96. The summed E-state index contributed by atoms with van der Waals surface area (Å²) in [6, 6.07) is 7.28. The molecule has 1 amide bonds. The van der Waals surface area contributed by atoms with Gasteiger partial charge in [0.1, 0.15) is 5.75 Å². The fourth-order valence-corrected chi connectivity index (χ4v) is 2.23. The predicted molar refractivity (Wildman–Crippen MR) is 78.6 cm³/mol. The van der Waals surface area contributed by atoms with E-state index in [1.165, 1.54) is 0 Å². The fraction of sp³-hybridized carbons (Fsp3) is 0.533. The van der Waals surface area contributed by atoms with Gasteiger partial charge in [0.15, 0.2) is 6.61 Å². The van der Waals surface area contributed by atoms with Gasteiger partial charge in [-0.3, -0.25) is 4.79 Å². The van der Waals surface area contributed by atoms with Crippen LogP contribution in [0.1, 0.15) is 27.7 Å². The van der Waals surface area contributed by atoms with Gasteiger partial charge in [-0.2, -0.15) is 0 Å². The second-order valence-electron chi connectivity index (χ2n) is 5.30. The first-order chi connectivity index (χ1) is 8.91. The van der Waals surface area contributed by atoms with E-state index in [1.54, 1.807) is 12.1 Å². The molecule has 0 radical (unpaired) electrons. The summed E-state index contributed by atoms with van der Waals surface area (Å²) in [5.74, 6) is 1.20. The number of halogens is 1. The number of carbonyl (C=O) groups excluding carboxylic acids is 1. The van der Waals surface area contributed by atoms with Crippen LogP contribution in [0.15, 0.2) is 24.3 Å². The topological polar surface area (TPSA) is 38.3 Å². The van der Waals surface area contributed by atoms with Crippen molar-refractivity contribution in [1.29, 1.82) is 0 Å². The minimum Gasteiger partial charge on any atom is -0.482 e. The van der Waals surface area contributed by atoms with Gasteiger partial charge in [0.2, 0.25) is 0 Å². The van der Waals surface area contributed by atoms with Crippen LogP contribution in [0.5, 0.6) is 5.75 Å². The van der Waals surface area contributed by atoms with Gasteiger partial charge in [-0.25, -0.2) is 0 Å². The number of ether oxygens (including phenoxy) is 1. The highest BCUT2D eigenvalue weighted by atomic mass is 35.5. The van der Waals surface area contributed by atoms with Crippen molar-refractivity contribution in [2.75, 3.05) is 6.61 Å². The van der Waals surface area contributed by atoms with Crippen molar-refractivity contribution < 1.29 is 9.53 Å². The molecule has 0 aliphatic carbocycles. The van der Waals surface area contributed by atoms with Crippen LogP contribution >= 0.6 is 11.6 Å². The molecule has 0 bridgehead atoms. The van der Waals surface area contributed by atoms with Gasteiger partial charge in [0.05, 0.1) is 5.02 Å². The Morgan fingerprint density at radius 2 is 1.79 bits per heavy atom. The van der Waals surface area contributed by atoms with Crippen molar-refractivity contribution >= 4 is 17.5 Å². The van der Waals surface area contributed by atoms with Crippen molar-refractivity contribution in [3.8, 4) is 5.75 Å². The van der Waals surface area contributed by atoms with Gasteiger partial charge in [-0.05, 0) is 24.0 Å². The highest BCUT2D eigenvalue weighted by Crippen LogP contribution is 2.22. The van der Waals surface area contributed by atoms with E-state index in [0.29, 0.717) is 22.6 Å². The lowest BCUT2D eigenvalue weighted by molar-refractivity contribution is -0.124. The molecule has 0 atom stereocenters. The normalized spacial score (nSPS) is 11.2. The van der Waals surface area contributed by atoms with E-state index in [4.69, 9.17) is 16.3 Å². The summed E-state index contributed by atoms with van der Waals surface area (Å²) in [6.45, 7) is 8.37. The maximum absolute atomic E-state index is 11.9. The molecule has 1 N–H and O–H groups in total. The van der Waals surface area contributed by atoms with E-state index in [2.05, 4.69) is 33.0 Å². The summed E-state index contributed by atoms with van der Waals surface area (Å²) in [5, 5.41) is 3.51. The molecular weight excluding hydrogens is 262 g/mol. The Kier molecular flexibility index (Phi) is 6.16. The summed E-state index contributed by atoms with van der Waals surface area (Å²) in [5.41, 5.74) is 0. The lowest BCUT2D eigenvalue weighted by Crippen LogP contribution is -2.44. The highest BCUT2D eigenvalue weighted by Gasteiger charge is 2.19. The summed E-state index contributed by atoms with van der Waals surface area (Å²) in [6.07, 6.45) is 0. The largest absolute Gasteiger partial charge is 0.482 e. The van der Waals surface area contributed by atoms with Crippen molar-refractivity contribution in [1.82, 2.24) is 5.32 Å². The maximum atomic E-state index is 11.9. The molecule has 0 saturated heterocycles. The Morgan fingerprint density at radius 3 is 2.32 bits per heavy atom. The first-order valence-corrected chi connectivity index (χ1v) is 6.96. The van der Waals surface area contributed by atoms with Crippen molar-refractivity contribution in [2.45, 2.75) is 33.7 Å². The number of para-hydroxylation sites is 1. The fourth-order valence-electron chi connectivity index (χ4n) is 2.04. The molecule has 0 aliphatic heterocycles. The summed E-state index contributed by atoms with van der Waals surface area (Å²) in [7, 11) is 0. The van der Waals surface area contributed by atoms with Gasteiger partial charge in [0.25, 0.3) is 5.91 Å². The van der Waals surface area contributed by atoms with Crippen LogP contribution in [0.3, 0.4) is 0 Å². The molecule has 0 aliphatic rings. The Morgan fingerprint density at radius 1 is 1.21 bits per heavy atom. The number of hydrogen-bond acceptors (Lipinski definition) is 2. The van der Waals surface area contributed by atoms with Gasteiger partial charge in [-0.1, -0.05) is 51.4 Å². The average molecular weight is 284 g/mol. The molecule has 1 rings (SSSR count). The zero-order valence-corrected chi connectivity index (χ0v) is 12.7. The molecule has 1 aromatic carbocycles. The number of hydrogen-bond donors (Lipinski definition) is 1. The first kappa shape index (κ1) is 15.8. The minimum absolute atomic E-state index is 0.0142. The Hall–Kier alpha value is -1.22. The van der Waals surface area contributed by atoms with Gasteiger partial charge < -0.3 is 10.1 Å². The smallest absolute Gasteiger partial charge is 0.258 e. The molecule has 0 saturated carbocycles. The maximum Gasteiger partial charge on any atom is 0.258 e. The second-order valence-corrected chi connectivity index (χ2v) is 5.71. The Balaban J connectivity index is 2.50. The van der Waals surface area contributed by atoms with Crippen LogP contribution in [-0.4, -0.2) is 18.6 Å². The van der Waals surface area contributed by atoms with Crippen molar-refractivity contribution in [2.24, 2.45) is 11.8 Å². The van der Waals surface area contributed by atoms with E-state index in [-0.39, 0.29) is 18.6 Å². The van der Waals surface area contributed by atoms with E-state index in [0.717, 1.165) is 0 Å². The quantitative estimate of drug-likeness (QED) is 0.867. The number of nitrogens with one attached hydrogen (secondary N) is 1. The van der Waals surface area contributed by atoms with E-state index in [1.807, 2.05) is 12.1 Å². The molecule has 0 unspecified atom stereocenters. The lowest BCUT2D eigenvalue weighted by atomic mass is 9.93. The molecule has 19 heavy (non-hydrogen) atoms. The zero-order chi connectivity index (χ0) is 14.4. The number of rotatable bonds is 6. The molecule has 4 heteroatoms. The van der Waals surface area contributed by atoms with E-state index >= 15 is 0 Å². The molecule has 0 heterocycles. The Labute approximate surface area is 120 Å². The highest BCUT2D eigenvalue weighted by molar-refractivity contribution is 6.32. The number of amides is 1. The lowest BCUT2D eigenvalue weighted by Gasteiger charge is -2.26. The predicted octanol–water partition coefficient (Wildman–Crippen LogP) is 3.52. The molecule has 3 nitrogen and oxygen atoms in total. The molecular formula is C15H22ClNO2. The molecule has 106 valence electrons. The van der Waals surface area contributed by atoms with E-state index < -0.39 is 0 Å². The minimum atomic E-state index is -0.118. The summed E-state index contributed by atoms with van der Waals surface area (Å²) >= 11 is 5.96. The van der Waals surface area contributed by atoms with Crippen LogP contribution in [0.25, 0.3) is 0 Å². The standard InChI is InChI=1S/C15H22ClNO2/c1-10(2)15(11(3)4)17-14(18)9-19-13-8-6-5-7-12(13)16/h5-8,10-11,15H,9H2,1-4H3,(H,17,18). The molecule has 0 spiro atoms. The SMILES string of the molecule is CC(C)C(NC(=O)COc1ccccc1Cl)C(C)C. The van der Waals surface area contributed by atoms with Gasteiger partial charge in [-0.15, -0.1) is 0 Å². The van der Waals surface area contributed by atoms with Gasteiger partial charge in [0, 0.05) is 6.04 Å². The number of benzene rings is 1. The Bertz CT molecular complexity index is 410. The summed E-state index contributed by atoms with van der Waals surface area (Å²) < 4.78 is 5.41. The average Bonchev–Trinajstić information content (AvgIpc) is 2.34. The van der Waals surface area contributed by atoms with Crippen LogP contribution in [0.4, 0.5) is 0 Å². The summed E-state index contributed by atoms with van der Waals surface area (Å²) in [4.78, 5) is 11.9. The first-order valence-electron chi connectivity index (χ1n) is 6.58. The van der Waals surface area contributed by atoms with Gasteiger partial charge >= 0.3 is 0 Å². The third-order valence-corrected chi connectivity index (χ3v) is 3.27. The second kappa shape index (κ2) is 7.39.